The van der Waals surface area contributed by atoms with Gasteiger partial charge in [0.15, 0.2) is 11.6 Å². The lowest BCUT2D eigenvalue weighted by Gasteiger charge is -2.35. The normalized spacial score (nSPS) is 14.8. The highest BCUT2D eigenvalue weighted by atomic mass is 35.5. The molecule has 0 unspecified atom stereocenters. The first-order chi connectivity index (χ1) is 12.2. The van der Waals surface area contributed by atoms with E-state index in [1.807, 2.05) is 31.3 Å². The molecule has 4 rings (SSSR count). The molecular weight excluding hydrogens is 340 g/mol. The summed E-state index contributed by atoms with van der Waals surface area (Å²) in [5, 5.41) is 13.5. The molecule has 128 valence electrons. The maximum absolute atomic E-state index is 5.84. The van der Waals surface area contributed by atoms with Crippen LogP contribution in [0.2, 0.25) is 5.02 Å². The Kier molecular flexibility index (Phi) is 4.19. The zero-order valence-corrected chi connectivity index (χ0v) is 14.5. The first-order valence-corrected chi connectivity index (χ1v) is 8.41. The second kappa shape index (κ2) is 6.64. The van der Waals surface area contributed by atoms with Gasteiger partial charge in [-0.05, 0) is 25.1 Å². The second-order valence-electron chi connectivity index (χ2n) is 5.83. The molecule has 4 heterocycles. The van der Waals surface area contributed by atoms with Gasteiger partial charge in [-0.1, -0.05) is 11.6 Å². The van der Waals surface area contributed by atoms with E-state index in [2.05, 4.69) is 35.1 Å². The van der Waals surface area contributed by atoms with Gasteiger partial charge in [0.05, 0.1) is 23.1 Å². The smallest absolute Gasteiger partial charge is 0.225 e. The standard InChI is InChI=1S/C16H17ClN8/c1-12-4-5-25(22-12)15-3-2-14(20-21-15)23-6-8-24(9-7-23)16-18-10-13(17)11-19-16/h2-5,10-11H,6-9H2,1H3. The largest absolute Gasteiger partial charge is 0.352 e. The highest BCUT2D eigenvalue weighted by Gasteiger charge is 2.20. The summed E-state index contributed by atoms with van der Waals surface area (Å²) in [6, 6.07) is 5.85. The number of hydrogen-bond donors (Lipinski definition) is 0. The number of piperazine rings is 1. The van der Waals surface area contributed by atoms with Gasteiger partial charge in [0.25, 0.3) is 0 Å². The number of nitrogens with zero attached hydrogens (tertiary/aromatic N) is 8. The highest BCUT2D eigenvalue weighted by molar-refractivity contribution is 6.30. The Morgan fingerprint density at radius 1 is 0.880 bits per heavy atom. The Bertz CT molecular complexity index is 837. The second-order valence-corrected chi connectivity index (χ2v) is 6.26. The minimum atomic E-state index is 0.546. The van der Waals surface area contributed by atoms with Crippen molar-refractivity contribution in [3.8, 4) is 5.82 Å². The van der Waals surface area contributed by atoms with E-state index in [4.69, 9.17) is 11.6 Å². The van der Waals surface area contributed by atoms with Gasteiger partial charge in [-0.15, -0.1) is 10.2 Å². The van der Waals surface area contributed by atoms with E-state index in [-0.39, 0.29) is 0 Å². The van der Waals surface area contributed by atoms with Crippen LogP contribution < -0.4 is 9.80 Å². The topological polar surface area (TPSA) is 75.9 Å². The van der Waals surface area contributed by atoms with E-state index in [1.54, 1.807) is 17.1 Å². The fourth-order valence-corrected chi connectivity index (χ4v) is 2.85. The molecule has 0 saturated carbocycles. The summed E-state index contributed by atoms with van der Waals surface area (Å²) in [6.07, 6.45) is 5.12. The van der Waals surface area contributed by atoms with Gasteiger partial charge in [-0.25, -0.2) is 14.6 Å². The summed E-state index contributed by atoms with van der Waals surface area (Å²) >= 11 is 5.84. The van der Waals surface area contributed by atoms with E-state index in [1.165, 1.54) is 0 Å². The third kappa shape index (κ3) is 3.39. The van der Waals surface area contributed by atoms with Gasteiger partial charge in [0.2, 0.25) is 5.95 Å². The molecule has 8 nitrogen and oxygen atoms in total. The number of aryl methyl sites for hydroxylation is 1. The Morgan fingerprint density at radius 2 is 1.52 bits per heavy atom. The third-order valence-corrected chi connectivity index (χ3v) is 4.28. The molecule has 9 heteroatoms. The third-order valence-electron chi connectivity index (χ3n) is 4.09. The lowest BCUT2D eigenvalue weighted by atomic mass is 10.3. The summed E-state index contributed by atoms with van der Waals surface area (Å²) in [5.41, 5.74) is 0.950. The van der Waals surface area contributed by atoms with E-state index >= 15 is 0 Å². The first-order valence-electron chi connectivity index (χ1n) is 8.03. The number of aromatic nitrogens is 6. The van der Waals surface area contributed by atoms with Crippen LogP contribution in [0.5, 0.6) is 0 Å². The molecule has 0 spiro atoms. The summed E-state index contributed by atoms with van der Waals surface area (Å²) in [6.45, 7) is 5.26. The molecule has 0 amide bonds. The van der Waals surface area contributed by atoms with Crippen molar-refractivity contribution < 1.29 is 0 Å². The summed E-state index contributed by atoms with van der Waals surface area (Å²) in [5.74, 6) is 2.29. The van der Waals surface area contributed by atoms with Crippen LogP contribution in [0, 0.1) is 6.92 Å². The fraction of sp³-hybridized carbons (Fsp3) is 0.312. The van der Waals surface area contributed by atoms with Crippen LogP contribution in [0.1, 0.15) is 5.69 Å². The van der Waals surface area contributed by atoms with Crippen LogP contribution in [-0.2, 0) is 0 Å². The Hall–Kier alpha value is -2.74. The molecule has 1 fully saturated rings. The van der Waals surface area contributed by atoms with Crippen molar-refractivity contribution in [2.24, 2.45) is 0 Å². The van der Waals surface area contributed by atoms with E-state index < -0.39 is 0 Å². The number of anilines is 2. The molecule has 1 saturated heterocycles. The lowest BCUT2D eigenvalue weighted by Crippen LogP contribution is -2.47. The van der Waals surface area contributed by atoms with E-state index in [0.29, 0.717) is 16.8 Å². The van der Waals surface area contributed by atoms with Crippen LogP contribution in [-0.4, -0.2) is 56.1 Å². The van der Waals surface area contributed by atoms with Gasteiger partial charge in [0, 0.05) is 32.4 Å². The van der Waals surface area contributed by atoms with Crippen LogP contribution in [0.25, 0.3) is 5.82 Å². The number of rotatable bonds is 3. The van der Waals surface area contributed by atoms with Crippen molar-refractivity contribution in [2.75, 3.05) is 36.0 Å². The predicted molar refractivity (Wildman–Crippen MR) is 95.4 cm³/mol. The van der Waals surface area contributed by atoms with Crippen LogP contribution in [0.3, 0.4) is 0 Å². The minimum Gasteiger partial charge on any atom is -0.352 e. The molecular formula is C16H17ClN8. The monoisotopic (exact) mass is 356 g/mol. The van der Waals surface area contributed by atoms with E-state index in [9.17, 15) is 0 Å². The zero-order valence-electron chi connectivity index (χ0n) is 13.7. The average Bonchev–Trinajstić information content (AvgIpc) is 3.09. The van der Waals surface area contributed by atoms with Crippen molar-refractivity contribution in [1.29, 1.82) is 0 Å². The lowest BCUT2D eigenvalue weighted by molar-refractivity contribution is 0.630. The Balaban J connectivity index is 1.41. The maximum Gasteiger partial charge on any atom is 0.225 e. The van der Waals surface area contributed by atoms with Crippen LogP contribution in [0.4, 0.5) is 11.8 Å². The predicted octanol–water partition coefficient (Wildman–Crippen LogP) is 1.74. The molecule has 0 N–H and O–H groups in total. The first kappa shape index (κ1) is 15.8. The molecule has 25 heavy (non-hydrogen) atoms. The Morgan fingerprint density at radius 3 is 2.12 bits per heavy atom. The van der Waals surface area contributed by atoms with Gasteiger partial charge in [-0.3, -0.25) is 0 Å². The Labute approximate surface area is 150 Å². The van der Waals surface area contributed by atoms with Crippen molar-refractivity contribution in [3.05, 3.63) is 47.5 Å². The van der Waals surface area contributed by atoms with Crippen LogP contribution in [0.15, 0.2) is 36.8 Å². The molecule has 0 aliphatic carbocycles. The van der Waals surface area contributed by atoms with Gasteiger partial charge in [0.1, 0.15) is 0 Å². The van der Waals surface area contributed by atoms with Crippen molar-refractivity contribution in [3.63, 3.8) is 0 Å². The number of hydrogen-bond acceptors (Lipinski definition) is 7. The zero-order chi connectivity index (χ0) is 17.2. The molecule has 0 radical (unpaired) electrons. The summed E-state index contributed by atoms with van der Waals surface area (Å²) < 4.78 is 1.72. The molecule has 0 aromatic carbocycles. The summed E-state index contributed by atoms with van der Waals surface area (Å²) in [4.78, 5) is 12.9. The van der Waals surface area contributed by atoms with Crippen LogP contribution >= 0.6 is 11.6 Å². The molecule has 1 aliphatic rings. The quantitative estimate of drug-likeness (QED) is 0.707. The van der Waals surface area contributed by atoms with Crippen molar-refractivity contribution in [1.82, 2.24) is 29.9 Å². The molecule has 3 aromatic rings. The van der Waals surface area contributed by atoms with Gasteiger partial charge in [-0.2, -0.15) is 5.10 Å². The highest BCUT2D eigenvalue weighted by Crippen LogP contribution is 2.17. The number of halogens is 1. The summed E-state index contributed by atoms with van der Waals surface area (Å²) in [7, 11) is 0. The average molecular weight is 357 g/mol. The van der Waals surface area contributed by atoms with E-state index in [0.717, 1.165) is 37.7 Å². The SMILES string of the molecule is Cc1ccn(-c2ccc(N3CCN(c4ncc(Cl)cn4)CC3)nn2)n1. The van der Waals surface area contributed by atoms with Gasteiger partial charge >= 0.3 is 0 Å². The molecule has 0 bridgehead atoms. The molecule has 0 atom stereocenters. The van der Waals surface area contributed by atoms with Crippen molar-refractivity contribution >= 4 is 23.4 Å². The molecule has 1 aliphatic heterocycles. The van der Waals surface area contributed by atoms with Crippen molar-refractivity contribution in [2.45, 2.75) is 6.92 Å². The van der Waals surface area contributed by atoms with Gasteiger partial charge < -0.3 is 9.80 Å². The fourth-order valence-electron chi connectivity index (χ4n) is 2.76. The molecule has 3 aromatic heterocycles. The maximum atomic E-state index is 5.84. The minimum absolute atomic E-state index is 0.546.